The van der Waals surface area contributed by atoms with Crippen LogP contribution in [0, 0.1) is 0 Å². The molecule has 0 saturated heterocycles. The molecule has 106 valence electrons. The molecule has 5 nitrogen and oxygen atoms in total. The van der Waals surface area contributed by atoms with Crippen LogP contribution < -0.4 is 4.72 Å². The largest absolute Gasteiger partial charge is 0.411 e. The Morgan fingerprint density at radius 3 is 2.75 bits per heavy atom. The second-order valence-electron chi connectivity index (χ2n) is 3.93. The number of rotatable bonds is 4. The van der Waals surface area contributed by atoms with Crippen LogP contribution in [0.15, 0.2) is 49.5 Å². The molecule has 1 aromatic heterocycles. The van der Waals surface area contributed by atoms with Gasteiger partial charge in [0.2, 0.25) is 0 Å². The summed E-state index contributed by atoms with van der Waals surface area (Å²) < 4.78 is 27.7. The number of oxime groups is 1. The summed E-state index contributed by atoms with van der Waals surface area (Å²) in [6, 6.07) is 8.33. The predicted molar refractivity (Wildman–Crippen MR) is 83.3 cm³/mol. The number of sulfonamides is 1. The van der Waals surface area contributed by atoms with Gasteiger partial charge in [0, 0.05) is 15.7 Å². The molecule has 0 fully saturated rings. The molecule has 8 heteroatoms. The van der Waals surface area contributed by atoms with E-state index in [-0.39, 0.29) is 4.21 Å². The Hall–Kier alpha value is -1.38. The fourth-order valence-corrected chi connectivity index (χ4v) is 4.93. The van der Waals surface area contributed by atoms with Crippen molar-refractivity contribution in [2.24, 2.45) is 5.16 Å². The van der Waals surface area contributed by atoms with Crippen molar-refractivity contribution in [3.05, 3.63) is 45.7 Å². The molecular formula is C12H11BrN2O3S2. The zero-order valence-corrected chi connectivity index (χ0v) is 13.6. The molecule has 0 amide bonds. The van der Waals surface area contributed by atoms with Crippen LogP contribution in [0.4, 0.5) is 5.69 Å². The van der Waals surface area contributed by atoms with Crippen LogP contribution in [0.1, 0.15) is 12.5 Å². The molecular weight excluding hydrogens is 364 g/mol. The zero-order chi connectivity index (χ0) is 14.8. The highest BCUT2D eigenvalue weighted by atomic mass is 79.9. The first kappa shape index (κ1) is 15.0. The Morgan fingerprint density at radius 1 is 1.40 bits per heavy atom. The molecule has 20 heavy (non-hydrogen) atoms. The summed E-state index contributed by atoms with van der Waals surface area (Å²) in [7, 11) is -3.63. The fourth-order valence-electron chi connectivity index (χ4n) is 1.54. The van der Waals surface area contributed by atoms with Crippen LogP contribution in [0.25, 0.3) is 0 Å². The normalized spacial score (nSPS) is 12.4. The Balaban J connectivity index is 2.33. The SMILES string of the molecule is CC(=NO)c1cccc(NS(=O)(=O)c2sccc2Br)c1. The van der Waals surface area contributed by atoms with E-state index in [9.17, 15) is 8.42 Å². The highest BCUT2D eigenvalue weighted by Crippen LogP contribution is 2.29. The van der Waals surface area contributed by atoms with Gasteiger partial charge in [-0.1, -0.05) is 17.3 Å². The van der Waals surface area contributed by atoms with Gasteiger partial charge in [0.05, 0.1) is 5.71 Å². The summed E-state index contributed by atoms with van der Waals surface area (Å²) in [5.41, 5.74) is 1.45. The van der Waals surface area contributed by atoms with Crippen molar-refractivity contribution in [1.29, 1.82) is 0 Å². The second kappa shape index (κ2) is 5.94. The summed E-state index contributed by atoms with van der Waals surface area (Å²) in [6.45, 7) is 1.63. The van der Waals surface area contributed by atoms with E-state index in [1.165, 1.54) is 0 Å². The van der Waals surface area contributed by atoms with E-state index in [4.69, 9.17) is 5.21 Å². The average molecular weight is 375 g/mol. The van der Waals surface area contributed by atoms with Crippen LogP contribution >= 0.6 is 27.3 Å². The van der Waals surface area contributed by atoms with Crippen LogP contribution in [0.2, 0.25) is 0 Å². The van der Waals surface area contributed by atoms with E-state index in [2.05, 4.69) is 25.8 Å². The lowest BCUT2D eigenvalue weighted by molar-refractivity contribution is 0.319. The third-order valence-electron chi connectivity index (χ3n) is 2.51. The van der Waals surface area contributed by atoms with E-state index >= 15 is 0 Å². The molecule has 0 atom stereocenters. The van der Waals surface area contributed by atoms with E-state index < -0.39 is 10.0 Å². The molecule has 0 aliphatic rings. The molecule has 0 unspecified atom stereocenters. The lowest BCUT2D eigenvalue weighted by atomic mass is 10.1. The van der Waals surface area contributed by atoms with Crippen molar-refractivity contribution in [1.82, 2.24) is 0 Å². The Labute approximate surface area is 129 Å². The van der Waals surface area contributed by atoms with E-state index in [1.54, 1.807) is 42.6 Å². The smallest absolute Gasteiger partial charge is 0.272 e. The molecule has 2 rings (SSSR count). The van der Waals surface area contributed by atoms with E-state index in [1.807, 2.05) is 0 Å². The number of nitrogens with zero attached hydrogens (tertiary/aromatic N) is 1. The number of anilines is 1. The Morgan fingerprint density at radius 2 is 2.15 bits per heavy atom. The van der Waals surface area contributed by atoms with E-state index in [0.29, 0.717) is 21.4 Å². The van der Waals surface area contributed by atoms with Gasteiger partial charge in [0.1, 0.15) is 0 Å². The molecule has 0 aliphatic carbocycles. The van der Waals surface area contributed by atoms with Gasteiger partial charge < -0.3 is 5.21 Å². The maximum absolute atomic E-state index is 12.2. The molecule has 2 aromatic rings. The number of halogens is 1. The van der Waals surface area contributed by atoms with Crippen LogP contribution in [0.3, 0.4) is 0 Å². The van der Waals surface area contributed by atoms with Crippen LogP contribution in [0.5, 0.6) is 0 Å². The summed E-state index contributed by atoms with van der Waals surface area (Å²) in [4.78, 5) is 0. The fraction of sp³-hybridized carbons (Fsp3) is 0.0833. The summed E-state index contributed by atoms with van der Waals surface area (Å²) in [6.07, 6.45) is 0. The van der Waals surface area contributed by atoms with Crippen LogP contribution in [-0.2, 0) is 10.0 Å². The van der Waals surface area contributed by atoms with Gasteiger partial charge in [0.15, 0.2) is 4.21 Å². The number of benzene rings is 1. The molecule has 0 bridgehead atoms. The maximum Gasteiger partial charge on any atom is 0.272 e. The highest BCUT2D eigenvalue weighted by Gasteiger charge is 2.19. The van der Waals surface area contributed by atoms with Crippen molar-refractivity contribution in [3.63, 3.8) is 0 Å². The Bertz CT molecular complexity index is 754. The first-order valence-corrected chi connectivity index (χ1v) is 8.64. The van der Waals surface area contributed by atoms with Crippen molar-refractivity contribution in [2.75, 3.05) is 4.72 Å². The van der Waals surface area contributed by atoms with Gasteiger partial charge in [-0.3, -0.25) is 4.72 Å². The zero-order valence-electron chi connectivity index (χ0n) is 10.4. The lowest BCUT2D eigenvalue weighted by Gasteiger charge is -2.08. The minimum Gasteiger partial charge on any atom is -0.411 e. The molecule has 0 spiro atoms. The van der Waals surface area contributed by atoms with Gasteiger partial charge in [-0.2, -0.15) is 0 Å². The minimum absolute atomic E-state index is 0.218. The van der Waals surface area contributed by atoms with Crippen molar-refractivity contribution in [3.8, 4) is 0 Å². The first-order valence-electron chi connectivity index (χ1n) is 5.49. The third-order valence-corrected chi connectivity index (χ3v) is 6.56. The quantitative estimate of drug-likeness (QED) is 0.488. The predicted octanol–water partition coefficient (Wildman–Crippen LogP) is 3.51. The number of hydrogen-bond acceptors (Lipinski definition) is 5. The van der Waals surface area contributed by atoms with Gasteiger partial charge in [-0.25, -0.2) is 8.42 Å². The Kier molecular flexibility index (Phi) is 4.46. The molecule has 2 N–H and O–H groups in total. The molecule has 0 radical (unpaired) electrons. The molecule has 1 heterocycles. The van der Waals surface area contributed by atoms with Crippen molar-refractivity contribution >= 4 is 48.7 Å². The molecule has 0 saturated carbocycles. The molecule has 0 aliphatic heterocycles. The van der Waals surface area contributed by atoms with Gasteiger partial charge in [-0.05, 0) is 46.4 Å². The average Bonchev–Trinajstić information content (AvgIpc) is 2.85. The van der Waals surface area contributed by atoms with Crippen molar-refractivity contribution in [2.45, 2.75) is 11.1 Å². The van der Waals surface area contributed by atoms with Crippen LogP contribution in [-0.4, -0.2) is 19.3 Å². The summed E-state index contributed by atoms with van der Waals surface area (Å²) >= 11 is 4.33. The highest BCUT2D eigenvalue weighted by molar-refractivity contribution is 9.10. The summed E-state index contributed by atoms with van der Waals surface area (Å²) in [5, 5.41) is 13.5. The van der Waals surface area contributed by atoms with Gasteiger partial charge >= 0.3 is 0 Å². The lowest BCUT2D eigenvalue weighted by Crippen LogP contribution is -2.12. The number of nitrogens with one attached hydrogen (secondary N) is 1. The van der Waals surface area contributed by atoms with E-state index in [0.717, 1.165) is 11.3 Å². The van der Waals surface area contributed by atoms with Crippen molar-refractivity contribution < 1.29 is 13.6 Å². The monoisotopic (exact) mass is 374 g/mol. The maximum atomic E-state index is 12.2. The first-order chi connectivity index (χ1) is 9.44. The number of thiophene rings is 1. The second-order valence-corrected chi connectivity index (χ2v) is 7.58. The van der Waals surface area contributed by atoms with Gasteiger partial charge in [-0.15, -0.1) is 11.3 Å². The standard InChI is InChI=1S/C12H11BrN2O3S2/c1-8(14-16)9-3-2-4-10(7-9)15-20(17,18)12-11(13)5-6-19-12/h2-7,15-16H,1H3. The third kappa shape index (κ3) is 3.20. The van der Waals surface area contributed by atoms with Gasteiger partial charge in [0.25, 0.3) is 10.0 Å². The number of hydrogen-bond donors (Lipinski definition) is 2. The molecule has 1 aromatic carbocycles. The minimum atomic E-state index is -3.63. The summed E-state index contributed by atoms with van der Waals surface area (Å²) in [5.74, 6) is 0. The topological polar surface area (TPSA) is 78.8 Å².